The molecule has 0 radical (unpaired) electrons. The Balaban J connectivity index is 1.67. The van der Waals surface area contributed by atoms with Crippen molar-refractivity contribution >= 4 is 17.6 Å². The molecule has 2 fully saturated rings. The number of rotatable bonds is 1. The molecule has 1 aromatic rings. The van der Waals surface area contributed by atoms with Gasteiger partial charge in [-0.2, -0.15) is 0 Å². The average Bonchev–Trinajstić information content (AvgIpc) is 3.00. The van der Waals surface area contributed by atoms with Gasteiger partial charge in [-0.15, -0.1) is 0 Å². The zero-order valence-electron chi connectivity index (χ0n) is 12.4. The molecule has 0 spiro atoms. The lowest BCUT2D eigenvalue weighted by molar-refractivity contribution is -0.135. The summed E-state index contributed by atoms with van der Waals surface area (Å²) >= 11 is 0. The molecule has 2 N–H and O–H groups in total. The molecule has 0 bridgehead atoms. The third-order valence-electron chi connectivity index (χ3n) is 4.55. The van der Waals surface area contributed by atoms with Crippen LogP contribution in [0.5, 0.6) is 0 Å². The summed E-state index contributed by atoms with van der Waals surface area (Å²) in [5.41, 5.74) is 0.895. The second-order valence-corrected chi connectivity index (χ2v) is 5.92. The van der Waals surface area contributed by atoms with Crippen LogP contribution in [0.4, 0.5) is 14.9 Å². The number of nitrogens with zero attached hydrogens (tertiary/aromatic N) is 2. The molecular weight excluding hydrogens is 289 g/mol. The van der Waals surface area contributed by atoms with Crippen LogP contribution in [0.2, 0.25) is 0 Å². The van der Waals surface area contributed by atoms with E-state index in [9.17, 15) is 19.1 Å². The summed E-state index contributed by atoms with van der Waals surface area (Å²) in [6.07, 6.45) is -1.05. The van der Waals surface area contributed by atoms with E-state index >= 15 is 0 Å². The molecule has 0 saturated carbocycles. The van der Waals surface area contributed by atoms with Gasteiger partial charge in [0.2, 0.25) is 0 Å². The minimum atomic E-state index is -1.05. The molecule has 7 heteroatoms. The van der Waals surface area contributed by atoms with Gasteiger partial charge < -0.3 is 20.2 Å². The number of carbonyl (C=O) groups excluding carboxylic acids is 2. The quantitative estimate of drug-likeness (QED) is 0.806. The maximum atomic E-state index is 13.5. The van der Waals surface area contributed by atoms with Gasteiger partial charge in [0.15, 0.2) is 0 Å². The minimum Gasteiger partial charge on any atom is -0.383 e. The van der Waals surface area contributed by atoms with E-state index in [1.54, 1.807) is 31.0 Å². The lowest BCUT2D eigenvalue weighted by Gasteiger charge is -2.21. The molecule has 118 valence electrons. The molecular formula is C15H18FN3O3. The Hall–Kier alpha value is -2.15. The summed E-state index contributed by atoms with van der Waals surface area (Å²) in [6.45, 7) is 2.32. The van der Waals surface area contributed by atoms with Gasteiger partial charge in [0.25, 0.3) is 5.91 Å². The van der Waals surface area contributed by atoms with Gasteiger partial charge in [-0.3, -0.25) is 4.79 Å². The third kappa shape index (κ3) is 2.31. The molecule has 0 aliphatic carbocycles. The number of nitrogens with one attached hydrogen (secondary N) is 1. The van der Waals surface area contributed by atoms with Crippen molar-refractivity contribution in [3.8, 4) is 0 Å². The molecule has 3 rings (SSSR count). The van der Waals surface area contributed by atoms with E-state index in [1.807, 2.05) is 0 Å². The number of likely N-dealkylation sites (tertiary alicyclic amines) is 2. The van der Waals surface area contributed by atoms with Crippen LogP contribution in [0.3, 0.4) is 0 Å². The SMILES string of the molecule is Cc1ccc(NC(=O)N2C[C@@H]3[C@H](O)C(=O)N(C)[C@@H]3C2)cc1F. The van der Waals surface area contributed by atoms with Crippen molar-refractivity contribution in [3.05, 3.63) is 29.6 Å². The molecule has 2 saturated heterocycles. The monoisotopic (exact) mass is 307 g/mol. The van der Waals surface area contributed by atoms with Gasteiger partial charge in [0.05, 0.1) is 6.04 Å². The fourth-order valence-corrected chi connectivity index (χ4v) is 3.13. The normalized spacial score (nSPS) is 27.3. The first-order chi connectivity index (χ1) is 10.4. The predicted octanol–water partition coefficient (Wildman–Crippen LogP) is 0.799. The van der Waals surface area contributed by atoms with Crippen LogP contribution in [0.25, 0.3) is 0 Å². The maximum absolute atomic E-state index is 13.5. The van der Waals surface area contributed by atoms with E-state index in [0.717, 1.165) is 0 Å². The van der Waals surface area contributed by atoms with Gasteiger partial charge >= 0.3 is 6.03 Å². The highest BCUT2D eigenvalue weighted by Crippen LogP contribution is 2.31. The number of urea groups is 1. The van der Waals surface area contributed by atoms with Crippen molar-refractivity contribution < 1.29 is 19.1 Å². The van der Waals surface area contributed by atoms with E-state index in [0.29, 0.717) is 24.3 Å². The number of hydrogen-bond donors (Lipinski definition) is 2. The first kappa shape index (κ1) is 14.8. The fourth-order valence-electron chi connectivity index (χ4n) is 3.13. The Morgan fingerprint density at radius 3 is 2.77 bits per heavy atom. The van der Waals surface area contributed by atoms with E-state index in [1.165, 1.54) is 11.0 Å². The number of anilines is 1. The summed E-state index contributed by atoms with van der Waals surface area (Å²) in [7, 11) is 1.63. The van der Waals surface area contributed by atoms with E-state index in [2.05, 4.69) is 5.32 Å². The number of aryl methyl sites for hydroxylation is 1. The zero-order valence-corrected chi connectivity index (χ0v) is 12.4. The fraction of sp³-hybridized carbons (Fsp3) is 0.467. The number of benzene rings is 1. The average molecular weight is 307 g/mol. The van der Waals surface area contributed by atoms with E-state index in [-0.39, 0.29) is 29.7 Å². The van der Waals surface area contributed by atoms with Crippen LogP contribution in [0.1, 0.15) is 5.56 Å². The highest BCUT2D eigenvalue weighted by atomic mass is 19.1. The third-order valence-corrected chi connectivity index (χ3v) is 4.55. The Kier molecular flexibility index (Phi) is 3.52. The number of carbonyl (C=O) groups is 2. The Bertz CT molecular complexity index is 616. The summed E-state index contributed by atoms with van der Waals surface area (Å²) in [4.78, 5) is 27.0. The van der Waals surface area contributed by atoms with Crippen LogP contribution in [-0.2, 0) is 4.79 Å². The lowest BCUT2D eigenvalue weighted by atomic mass is 10.0. The second kappa shape index (κ2) is 5.24. The Morgan fingerprint density at radius 2 is 2.14 bits per heavy atom. The topological polar surface area (TPSA) is 72.9 Å². The van der Waals surface area contributed by atoms with Crippen molar-refractivity contribution in [2.45, 2.75) is 19.1 Å². The molecule has 1 aromatic carbocycles. The maximum Gasteiger partial charge on any atom is 0.321 e. The highest BCUT2D eigenvalue weighted by Gasteiger charge is 2.51. The number of aliphatic hydroxyl groups excluding tert-OH is 1. The van der Waals surface area contributed by atoms with Gasteiger partial charge in [0, 0.05) is 31.7 Å². The standard InChI is InChI=1S/C15H18FN3O3/c1-8-3-4-9(5-11(8)16)17-15(22)19-6-10-12(7-19)18(2)14(21)13(10)20/h3-5,10,12-13,20H,6-7H2,1-2H3,(H,17,22)/t10-,12+,13-/m0/s1. The number of halogens is 1. The number of hydrogen-bond acceptors (Lipinski definition) is 3. The van der Waals surface area contributed by atoms with Gasteiger partial charge in [-0.05, 0) is 24.6 Å². The molecule has 0 aromatic heterocycles. The van der Waals surface area contributed by atoms with Gasteiger partial charge in [-0.25, -0.2) is 9.18 Å². The lowest BCUT2D eigenvalue weighted by Crippen LogP contribution is -2.40. The number of aliphatic hydroxyl groups is 1. The largest absolute Gasteiger partial charge is 0.383 e. The first-order valence-corrected chi connectivity index (χ1v) is 7.15. The molecule has 2 aliphatic heterocycles. The predicted molar refractivity (Wildman–Crippen MR) is 77.8 cm³/mol. The summed E-state index contributed by atoms with van der Waals surface area (Å²) in [5, 5.41) is 12.5. The Labute approximate surface area is 127 Å². The summed E-state index contributed by atoms with van der Waals surface area (Å²) in [5.74, 6) is -0.939. The zero-order chi connectivity index (χ0) is 16.0. The molecule has 2 aliphatic rings. The van der Waals surface area contributed by atoms with Crippen LogP contribution >= 0.6 is 0 Å². The Morgan fingerprint density at radius 1 is 1.41 bits per heavy atom. The summed E-state index contributed by atoms with van der Waals surface area (Å²) in [6, 6.07) is 3.99. The van der Waals surface area contributed by atoms with Crippen LogP contribution < -0.4 is 5.32 Å². The van der Waals surface area contributed by atoms with E-state index < -0.39 is 6.10 Å². The first-order valence-electron chi connectivity index (χ1n) is 7.15. The van der Waals surface area contributed by atoms with Crippen LogP contribution in [0, 0.1) is 18.7 Å². The van der Waals surface area contributed by atoms with Crippen molar-refractivity contribution in [1.82, 2.24) is 9.80 Å². The number of fused-ring (bicyclic) bond motifs is 1. The molecule has 22 heavy (non-hydrogen) atoms. The number of amides is 3. The van der Waals surface area contributed by atoms with E-state index in [4.69, 9.17) is 0 Å². The van der Waals surface area contributed by atoms with Gasteiger partial charge in [-0.1, -0.05) is 6.07 Å². The van der Waals surface area contributed by atoms with Gasteiger partial charge in [0.1, 0.15) is 11.9 Å². The number of likely N-dealkylation sites (N-methyl/N-ethyl adjacent to an activating group) is 1. The van der Waals surface area contributed by atoms with Crippen LogP contribution in [-0.4, -0.2) is 59.1 Å². The minimum absolute atomic E-state index is 0.164. The van der Waals surface area contributed by atoms with Crippen molar-refractivity contribution in [2.75, 3.05) is 25.5 Å². The van der Waals surface area contributed by atoms with Crippen molar-refractivity contribution in [1.29, 1.82) is 0 Å². The molecule has 0 unspecified atom stereocenters. The molecule has 3 atom stereocenters. The molecule has 2 heterocycles. The molecule has 6 nitrogen and oxygen atoms in total. The van der Waals surface area contributed by atoms with Crippen molar-refractivity contribution in [3.63, 3.8) is 0 Å². The summed E-state index contributed by atoms with van der Waals surface area (Å²) < 4.78 is 13.5. The smallest absolute Gasteiger partial charge is 0.321 e. The second-order valence-electron chi connectivity index (χ2n) is 5.92. The highest BCUT2D eigenvalue weighted by molar-refractivity contribution is 5.90. The van der Waals surface area contributed by atoms with Crippen molar-refractivity contribution in [2.24, 2.45) is 5.92 Å². The van der Waals surface area contributed by atoms with Crippen LogP contribution in [0.15, 0.2) is 18.2 Å². The molecule has 3 amide bonds.